The smallest absolute Gasteiger partial charge is 0.222 e. The van der Waals surface area contributed by atoms with Gasteiger partial charge in [-0.3, -0.25) is 0 Å². The first-order valence-corrected chi connectivity index (χ1v) is 4.92. The van der Waals surface area contributed by atoms with Crippen LogP contribution in [0.1, 0.15) is 19.8 Å². The van der Waals surface area contributed by atoms with E-state index in [1.807, 2.05) is 0 Å². The van der Waals surface area contributed by atoms with Crippen LogP contribution >= 0.6 is 0 Å². The van der Waals surface area contributed by atoms with Gasteiger partial charge in [0.1, 0.15) is 0 Å². The van der Waals surface area contributed by atoms with Crippen LogP contribution in [0.5, 0.6) is 0 Å². The lowest BCUT2D eigenvalue weighted by atomic mass is 10.1. The molecule has 2 heterocycles. The van der Waals surface area contributed by atoms with E-state index in [9.17, 15) is 0 Å². The van der Waals surface area contributed by atoms with Gasteiger partial charge in [0.15, 0.2) is 5.82 Å². The lowest BCUT2D eigenvalue weighted by Crippen LogP contribution is -2.33. The zero-order valence-electron chi connectivity index (χ0n) is 8.25. The summed E-state index contributed by atoms with van der Waals surface area (Å²) in [5.41, 5.74) is 6.43. The topological polar surface area (TPSA) is 75.9 Å². The van der Waals surface area contributed by atoms with Crippen molar-refractivity contribution in [2.24, 2.45) is 0 Å². The van der Waals surface area contributed by atoms with Crippen molar-refractivity contribution in [3.63, 3.8) is 0 Å². The highest BCUT2D eigenvalue weighted by Gasteiger charge is 2.17. The van der Waals surface area contributed by atoms with E-state index in [1.165, 1.54) is 6.42 Å². The Morgan fingerprint density at radius 2 is 2.50 bits per heavy atom. The van der Waals surface area contributed by atoms with Crippen LogP contribution in [0, 0.1) is 0 Å². The van der Waals surface area contributed by atoms with E-state index in [0.717, 1.165) is 24.5 Å². The number of aromatic nitrogens is 2. The molecule has 0 saturated heterocycles. The van der Waals surface area contributed by atoms with E-state index in [2.05, 4.69) is 27.5 Å². The molecule has 0 radical (unpaired) electrons. The molecule has 1 aliphatic rings. The molecule has 1 aliphatic heterocycles. The van der Waals surface area contributed by atoms with Crippen LogP contribution in [0.4, 0.5) is 17.5 Å². The van der Waals surface area contributed by atoms with Gasteiger partial charge < -0.3 is 16.4 Å². The number of hydrogen-bond donors (Lipinski definition) is 3. The summed E-state index contributed by atoms with van der Waals surface area (Å²) >= 11 is 0. The van der Waals surface area contributed by atoms with Gasteiger partial charge in [0.25, 0.3) is 0 Å². The van der Waals surface area contributed by atoms with Crippen molar-refractivity contribution in [3.8, 4) is 0 Å². The number of nitrogens with two attached hydrogens (primary N) is 1. The third-order valence-electron chi connectivity index (χ3n) is 2.32. The second kappa shape index (κ2) is 3.69. The quantitative estimate of drug-likeness (QED) is 0.655. The largest absolute Gasteiger partial charge is 0.376 e. The highest BCUT2D eigenvalue weighted by atomic mass is 15.2. The molecule has 0 bridgehead atoms. The predicted octanol–water partition coefficient (Wildman–Crippen LogP) is 1.06. The summed E-state index contributed by atoms with van der Waals surface area (Å²) in [5.74, 6) is 1.12. The Hall–Kier alpha value is -1.52. The molecule has 5 heteroatoms. The fraction of sp³-hybridized carbons (Fsp3) is 0.556. The Kier molecular flexibility index (Phi) is 2.39. The average Bonchev–Trinajstić information content (AvgIpc) is 2.19. The van der Waals surface area contributed by atoms with Crippen LogP contribution in [0.25, 0.3) is 0 Å². The van der Waals surface area contributed by atoms with Crippen molar-refractivity contribution in [2.75, 3.05) is 22.9 Å². The SMILES string of the molecule is CCCC1CNc2nc(N)ncc2N1. The molecule has 0 spiro atoms. The summed E-state index contributed by atoms with van der Waals surface area (Å²) in [4.78, 5) is 8.05. The van der Waals surface area contributed by atoms with E-state index in [4.69, 9.17) is 5.73 Å². The Labute approximate surface area is 83.1 Å². The standard InChI is InChI=1S/C9H15N5/c1-2-3-6-4-11-8-7(13-6)5-12-9(10)14-8/h5-6,13H,2-4H2,1H3,(H3,10,11,12,14). The molecular weight excluding hydrogens is 178 g/mol. The Morgan fingerprint density at radius 3 is 3.29 bits per heavy atom. The van der Waals surface area contributed by atoms with Crippen LogP contribution in [-0.4, -0.2) is 22.6 Å². The normalized spacial score (nSPS) is 19.4. The molecule has 0 aliphatic carbocycles. The first kappa shape index (κ1) is 9.05. The lowest BCUT2D eigenvalue weighted by molar-refractivity contribution is 0.652. The van der Waals surface area contributed by atoms with Gasteiger partial charge in [-0.25, -0.2) is 4.98 Å². The molecule has 5 nitrogen and oxygen atoms in total. The molecule has 0 amide bonds. The van der Waals surface area contributed by atoms with Crippen LogP contribution in [0.2, 0.25) is 0 Å². The van der Waals surface area contributed by atoms with Crippen molar-refractivity contribution in [3.05, 3.63) is 6.20 Å². The monoisotopic (exact) mass is 193 g/mol. The number of rotatable bonds is 2. The summed E-state index contributed by atoms with van der Waals surface area (Å²) in [6, 6.07) is 0.472. The van der Waals surface area contributed by atoms with Gasteiger partial charge in [-0.2, -0.15) is 4.98 Å². The van der Waals surface area contributed by atoms with Crippen molar-refractivity contribution in [2.45, 2.75) is 25.8 Å². The summed E-state index contributed by atoms with van der Waals surface area (Å²) in [7, 11) is 0. The summed E-state index contributed by atoms with van der Waals surface area (Å²) < 4.78 is 0. The summed E-state index contributed by atoms with van der Waals surface area (Å²) in [5, 5.41) is 6.63. The van der Waals surface area contributed by atoms with E-state index in [-0.39, 0.29) is 0 Å². The molecule has 1 aromatic heterocycles. The zero-order valence-corrected chi connectivity index (χ0v) is 8.25. The van der Waals surface area contributed by atoms with Gasteiger partial charge in [0.05, 0.1) is 11.9 Å². The zero-order chi connectivity index (χ0) is 9.97. The van der Waals surface area contributed by atoms with E-state index in [1.54, 1.807) is 6.20 Å². The van der Waals surface area contributed by atoms with Gasteiger partial charge in [-0.15, -0.1) is 0 Å². The first-order valence-electron chi connectivity index (χ1n) is 4.92. The minimum Gasteiger partial charge on any atom is -0.376 e. The van der Waals surface area contributed by atoms with Gasteiger partial charge in [0.2, 0.25) is 5.95 Å². The minimum absolute atomic E-state index is 0.312. The number of nitrogen functional groups attached to an aromatic ring is 1. The molecular formula is C9H15N5. The number of hydrogen-bond acceptors (Lipinski definition) is 5. The first-order chi connectivity index (χ1) is 6.79. The highest BCUT2D eigenvalue weighted by molar-refractivity contribution is 5.67. The van der Waals surface area contributed by atoms with Crippen molar-refractivity contribution >= 4 is 17.5 Å². The Bertz CT molecular complexity index is 325. The maximum atomic E-state index is 5.49. The van der Waals surface area contributed by atoms with Crippen molar-refractivity contribution in [1.29, 1.82) is 0 Å². The number of fused-ring (bicyclic) bond motifs is 1. The molecule has 1 aromatic rings. The summed E-state index contributed by atoms with van der Waals surface area (Å²) in [6.07, 6.45) is 4.05. The number of nitrogens with one attached hydrogen (secondary N) is 2. The third-order valence-corrected chi connectivity index (χ3v) is 2.32. The molecule has 0 saturated carbocycles. The Morgan fingerprint density at radius 1 is 1.64 bits per heavy atom. The number of nitrogens with zero attached hydrogens (tertiary/aromatic N) is 2. The molecule has 1 atom stereocenters. The summed E-state index contributed by atoms with van der Waals surface area (Å²) in [6.45, 7) is 3.08. The van der Waals surface area contributed by atoms with Crippen LogP contribution in [0.3, 0.4) is 0 Å². The maximum Gasteiger partial charge on any atom is 0.222 e. The Balaban J connectivity index is 2.15. The fourth-order valence-corrected chi connectivity index (χ4v) is 1.65. The predicted molar refractivity (Wildman–Crippen MR) is 57.3 cm³/mol. The average molecular weight is 193 g/mol. The van der Waals surface area contributed by atoms with E-state index >= 15 is 0 Å². The van der Waals surface area contributed by atoms with Gasteiger partial charge in [-0.1, -0.05) is 13.3 Å². The fourth-order valence-electron chi connectivity index (χ4n) is 1.65. The molecule has 2 rings (SSSR count). The van der Waals surface area contributed by atoms with Crippen molar-refractivity contribution < 1.29 is 0 Å². The highest BCUT2D eigenvalue weighted by Crippen LogP contribution is 2.24. The third kappa shape index (κ3) is 1.71. The van der Waals surface area contributed by atoms with Crippen LogP contribution in [-0.2, 0) is 0 Å². The lowest BCUT2D eigenvalue weighted by Gasteiger charge is -2.26. The second-order valence-corrected chi connectivity index (χ2v) is 3.50. The van der Waals surface area contributed by atoms with Crippen LogP contribution < -0.4 is 16.4 Å². The van der Waals surface area contributed by atoms with Gasteiger partial charge in [-0.05, 0) is 6.42 Å². The molecule has 4 N–H and O–H groups in total. The van der Waals surface area contributed by atoms with E-state index in [0.29, 0.717) is 12.0 Å². The molecule has 14 heavy (non-hydrogen) atoms. The minimum atomic E-state index is 0.312. The van der Waals surface area contributed by atoms with Crippen molar-refractivity contribution in [1.82, 2.24) is 9.97 Å². The van der Waals surface area contributed by atoms with Gasteiger partial charge in [0, 0.05) is 12.6 Å². The molecule has 0 fully saturated rings. The molecule has 76 valence electrons. The number of anilines is 3. The second-order valence-electron chi connectivity index (χ2n) is 3.50. The van der Waals surface area contributed by atoms with Crippen LogP contribution in [0.15, 0.2) is 6.20 Å². The van der Waals surface area contributed by atoms with E-state index < -0.39 is 0 Å². The molecule has 0 aromatic carbocycles. The maximum absolute atomic E-state index is 5.49. The van der Waals surface area contributed by atoms with Gasteiger partial charge >= 0.3 is 0 Å². The molecule has 1 unspecified atom stereocenters.